The van der Waals surface area contributed by atoms with Gasteiger partial charge < -0.3 is 5.11 Å². The Labute approximate surface area is 120 Å². The van der Waals surface area contributed by atoms with Gasteiger partial charge in [-0.25, -0.2) is 0 Å². The van der Waals surface area contributed by atoms with Gasteiger partial charge in [-0.1, -0.05) is 24.3 Å². The van der Waals surface area contributed by atoms with Crippen LogP contribution in [0.3, 0.4) is 0 Å². The van der Waals surface area contributed by atoms with Crippen molar-refractivity contribution in [3.63, 3.8) is 0 Å². The molecule has 0 amide bonds. The van der Waals surface area contributed by atoms with Crippen molar-refractivity contribution >= 4 is 5.97 Å². The molecular formula is C17H23NO2. The maximum atomic E-state index is 11.7. The predicted octanol–water partition coefficient (Wildman–Crippen LogP) is 2.87. The summed E-state index contributed by atoms with van der Waals surface area (Å²) in [5.74, 6) is -0.656. The number of rotatable bonds is 2. The second-order valence-electron chi connectivity index (χ2n) is 6.39. The molecule has 0 aromatic heterocycles. The molecule has 1 aliphatic carbocycles. The lowest BCUT2D eigenvalue weighted by Gasteiger charge is -2.47. The normalized spacial score (nSPS) is 30.8. The van der Waals surface area contributed by atoms with Gasteiger partial charge >= 0.3 is 5.97 Å². The number of likely N-dealkylation sites (tertiary alicyclic amines) is 1. The van der Waals surface area contributed by atoms with E-state index in [2.05, 4.69) is 29.2 Å². The molecule has 1 N–H and O–H groups in total. The number of carbonyl (C=O) groups is 1. The minimum atomic E-state index is -0.671. The number of aliphatic carboxylic acids is 1. The molecule has 3 heteroatoms. The molecule has 1 aromatic carbocycles. The molecule has 1 aromatic rings. The Hall–Kier alpha value is -1.35. The average Bonchev–Trinajstić information content (AvgIpc) is 2.47. The summed E-state index contributed by atoms with van der Waals surface area (Å²) in [5.41, 5.74) is 2.18. The molecule has 1 heterocycles. The van der Waals surface area contributed by atoms with Gasteiger partial charge in [0.2, 0.25) is 0 Å². The molecule has 0 radical (unpaired) electrons. The van der Waals surface area contributed by atoms with Crippen molar-refractivity contribution in [2.24, 2.45) is 0 Å². The maximum absolute atomic E-state index is 11.7. The fraction of sp³-hybridized carbons (Fsp3) is 0.588. The predicted molar refractivity (Wildman–Crippen MR) is 78.9 cm³/mol. The fourth-order valence-corrected chi connectivity index (χ4v) is 3.90. The summed E-state index contributed by atoms with van der Waals surface area (Å²) in [6, 6.07) is 8.98. The first-order valence-electron chi connectivity index (χ1n) is 7.68. The van der Waals surface area contributed by atoms with Crippen molar-refractivity contribution in [3.8, 4) is 0 Å². The fourth-order valence-electron chi connectivity index (χ4n) is 3.90. The minimum absolute atomic E-state index is 0.381. The molecule has 20 heavy (non-hydrogen) atoms. The van der Waals surface area contributed by atoms with Crippen LogP contribution in [0, 0.1) is 0 Å². The molecule has 2 atom stereocenters. The Kier molecular flexibility index (Phi) is 3.55. The summed E-state index contributed by atoms with van der Waals surface area (Å²) in [6.45, 7) is 2.84. The van der Waals surface area contributed by atoms with E-state index in [0.717, 1.165) is 45.1 Å². The molecule has 1 fully saturated rings. The molecule has 0 spiro atoms. The topological polar surface area (TPSA) is 40.5 Å². The lowest BCUT2D eigenvalue weighted by Crippen LogP contribution is -2.59. The van der Waals surface area contributed by atoms with Crippen LogP contribution in [-0.2, 0) is 17.6 Å². The van der Waals surface area contributed by atoms with Crippen molar-refractivity contribution in [1.82, 2.24) is 4.90 Å². The Morgan fingerprint density at radius 3 is 2.80 bits per heavy atom. The van der Waals surface area contributed by atoms with Gasteiger partial charge in [-0.15, -0.1) is 0 Å². The lowest BCUT2D eigenvalue weighted by atomic mass is 9.81. The molecule has 1 aliphatic heterocycles. The van der Waals surface area contributed by atoms with E-state index in [9.17, 15) is 9.90 Å². The van der Waals surface area contributed by atoms with Crippen molar-refractivity contribution in [2.45, 2.75) is 57.0 Å². The monoisotopic (exact) mass is 273 g/mol. The zero-order chi connectivity index (χ0) is 14.2. The molecular weight excluding hydrogens is 250 g/mol. The van der Waals surface area contributed by atoms with Crippen molar-refractivity contribution in [1.29, 1.82) is 0 Å². The molecule has 3 rings (SSSR count). The average molecular weight is 273 g/mol. The van der Waals surface area contributed by atoms with E-state index in [1.807, 2.05) is 6.92 Å². The van der Waals surface area contributed by atoms with Crippen LogP contribution in [0.2, 0.25) is 0 Å². The maximum Gasteiger partial charge on any atom is 0.323 e. The zero-order valence-electron chi connectivity index (χ0n) is 12.1. The van der Waals surface area contributed by atoms with Gasteiger partial charge in [0, 0.05) is 6.04 Å². The van der Waals surface area contributed by atoms with E-state index in [1.54, 1.807) is 0 Å². The number of hydrogen-bond acceptors (Lipinski definition) is 2. The summed E-state index contributed by atoms with van der Waals surface area (Å²) in [7, 11) is 0. The SMILES string of the molecule is CC1(C(=O)O)CCCCN1C1CCc2ccccc2C1. The number of piperidine rings is 1. The standard InChI is InChI=1S/C17H23NO2/c1-17(16(19)20)10-4-5-11-18(17)15-9-8-13-6-2-3-7-14(13)12-15/h2-3,6-7,15H,4-5,8-12H2,1H3,(H,19,20). The highest BCUT2D eigenvalue weighted by Gasteiger charge is 2.44. The van der Waals surface area contributed by atoms with Crippen LogP contribution in [0.1, 0.15) is 43.7 Å². The first-order valence-corrected chi connectivity index (χ1v) is 7.68. The van der Waals surface area contributed by atoms with Gasteiger partial charge in [-0.3, -0.25) is 9.69 Å². The molecule has 2 unspecified atom stereocenters. The van der Waals surface area contributed by atoms with Crippen LogP contribution >= 0.6 is 0 Å². The van der Waals surface area contributed by atoms with E-state index in [4.69, 9.17) is 0 Å². The number of hydrogen-bond donors (Lipinski definition) is 1. The van der Waals surface area contributed by atoms with E-state index < -0.39 is 11.5 Å². The van der Waals surface area contributed by atoms with E-state index in [-0.39, 0.29) is 0 Å². The summed E-state index contributed by atoms with van der Waals surface area (Å²) >= 11 is 0. The highest BCUT2D eigenvalue weighted by molar-refractivity contribution is 5.78. The van der Waals surface area contributed by atoms with E-state index in [1.165, 1.54) is 11.1 Å². The number of fused-ring (bicyclic) bond motifs is 1. The van der Waals surface area contributed by atoms with Gasteiger partial charge in [-0.2, -0.15) is 0 Å². The largest absolute Gasteiger partial charge is 0.480 e. The van der Waals surface area contributed by atoms with Crippen LogP contribution in [0.25, 0.3) is 0 Å². The van der Waals surface area contributed by atoms with Gasteiger partial charge in [0.15, 0.2) is 0 Å². The molecule has 2 aliphatic rings. The third kappa shape index (κ3) is 2.24. The highest BCUT2D eigenvalue weighted by atomic mass is 16.4. The number of carboxylic acid groups (broad SMARTS) is 1. The van der Waals surface area contributed by atoms with Crippen molar-refractivity contribution in [2.75, 3.05) is 6.54 Å². The number of benzene rings is 1. The third-order valence-corrected chi connectivity index (χ3v) is 5.17. The Balaban J connectivity index is 1.84. The van der Waals surface area contributed by atoms with E-state index in [0.29, 0.717) is 6.04 Å². The molecule has 3 nitrogen and oxygen atoms in total. The second kappa shape index (κ2) is 5.21. The Morgan fingerprint density at radius 2 is 2.05 bits per heavy atom. The lowest BCUT2D eigenvalue weighted by molar-refractivity contribution is -0.155. The smallest absolute Gasteiger partial charge is 0.323 e. The Bertz CT molecular complexity index is 513. The van der Waals surface area contributed by atoms with Crippen LogP contribution in [-0.4, -0.2) is 34.1 Å². The number of nitrogens with zero attached hydrogens (tertiary/aromatic N) is 1. The van der Waals surface area contributed by atoms with Crippen LogP contribution < -0.4 is 0 Å². The number of carboxylic acids is 1. The first kappa shape index (κ1) is 13.6. The number of aryl methyl sites for hydroxylation is 1. The van der Waals surface area contributed by atoms with Gasteiger partial charge in [0.05, 0.1) is 0 Å². The van der Waals surface area contributed by atoms with Crippen LogP contribution in [0.4, 0.5) is 0 Å². The van der Waals surface area contributed by atoms with Crippen molar-refractivity contribution < 1.29 is 9.90 Å². The molecule has 0 bridgehead atoms. The van der Waals surface area contributed by atoms with Crippen LogP contribution in [0.15, 0.2) is 24.3 Å². The first-order chi connectivity index (χ1) is 9.61. The Morgan fingerprint density at radius 1 is 1.30 bits per heavy atom. The summed E-state index contributed by atoms with van der Waals surface area (Å²) in [4.78, 5) is 14.0. The summed E-state index contributed by atoms with van der Waals surface area (Å²) < 4.78 is 0. The van der Waals surface area contributed by atoms with Gasteiger partial charge in [0.1, 0.15) is 5.54 Å². The van der Waals surface area contributed by atoms with Gasteiger partial charge in [-0.05, 0) is 63.1 Å². The summed E-state index contributed by atoms with van der Waals surface area (Å²) in [5, 5.41) is 9.65. The second-order valence-corrected chi connectivity index (χ2v) is 6.39. The van der Waals surface area contributed by atoms with Crippen molar-refractivity contribution in [3.05, 3.63) is 35.4 Å². The third-order valence-electron chi connectivity index (χ3n) is 5.17. The van der Waals surface area contributed by atoms with E-state index >= 15 is 0 Å². The quantitative estimate of drug-likeness (QED) is 0.900. The summed E-state index contributed by atoms with van der Waals surface area (Å²) in [6.07, 6.45) is 6.09. The highest BCUT2D eigenvalue weighted by Crippen LogP contribution is 2.34. The molecule has 1 saturated heterocycles. The van der Waals surface area contributed by atoms with Crippen LogP contribution in [0.5, 0.6) is 0 Å². The zero-order valence-corrected chi connectivity index (χ0v) is 12.1. The molecule has 108 valence electrons. The molecule has 0 saturated carbocycles. The minimum Gasteiger partial charge on any atom is -0.480 e. The van der Waals surface area contributed by atoms with Gasteiger partial charge in [0.25, 0.3) is 0 Å².